The van der Waals surface area contributed by atoms with Gasteiger partial charge in [0.2, 0.25) is 0 Å². The van der Waals surface area contributed by atoms with E-state index < -0.39 is 6.10 Å². The first-order valence-electron chi connectivity index (χ1n) is 10.8. The maximum absolute atomic E-state index is 13.4. The van der Waals surface area contributed by atoms with Gasteiger partial charge in [0.1, 0.15) is 0 Å². The van der Waals surface area contributed by atoms with E-state index in [0.717, 1.165) is 19.5 Å². The number of nitrogens with one attached hydrogen (secondary N) is 2. The number of hydrogen-bond acceptors (Lipinski definition) is 6. The molecule has 0 spiro atoms. The van der Waals surface area contributed by atoms with E-state index in [-0.39, 0.29) is 18.1 Å². The Kier molecular flexibility index (Phi) is 8.07. The van der Waals surface area contributed by atoms with Gasteiger partial charge in [0.25, 0.3) is 0 Å². The lowest BCUT2D eigenvalue weighted by Crippen LogP contribution is -2.36. The molecule has 0 heterocycles. The molecule has 1 aliphatic rings. The average Bonchev–Trinajstić information content (AvgIpc) is 2.79. The van der Waals surface area contributed by atoms with E-state index in [0.29, 0.717) is 52.6 Å². The fourth-order valence-electron chi connectivity index (χ4n) is 3.88. The highest BCUT2D eigenvalue weighted by atomic mass is 35.5. The van der Waals surface area contributed by atoms with Crippen LogP contribution < -0.4 is 10.6 Å². The van der Waals surface area contributed by atoms with Gasteiger partial charge in [-0.2, -0.15) is 0 Å². The molecule has 6 nitrogen and oxygen atoms in total. The molecule has 3 rings (SSSR count). The Hall–Kier alpha value is -2.41. The standard InChI is InChI=1S/C24H30ClN3O3/c1-3-28(4-2)15-16(29)14-27-20-11-10-19(26-13-7-12-25)21-22(20)24(31)18-9-6-5-8-17(18)23(21)30/h5-6,8-11,16,26-27,29H,3-4,7,12-15H2,1-2H3. The Morgan fingerprint density at radius 2 is 1.48 bits per heavy atom. The molecule has 0 saturated heterocycles. The molecule has 0 fully saturated rings. The maximum atomic E-state index is 13.4. The molecule has 0 saturated carbocycles. The van der Waals surface area contributed by atoms with Crippen molar-refractivity contribution in [2.75, 3.05) is 49.2 Å². The van der Waals surface area contributed by atoms with E-state index in [1.165, 1.54) is 0 Å². The number of carbonyl (C=O) groups excluding carboxylic acids is 2. The Morgan fingerprint density at radius 1 is 0.935 bits per heavy atom. The molecule has 2 aromatic carbocycles. The van der Waals surface area contributed by atoms with Crippen molar-refractivity contribution in [2.24, 2.45) is 0 Å². The fourth-order valence-corrected chi connectivity index (χ4v) is 4.01. The number of fused-ring (bicyclic) bond motifs is 2. The van der Waals surface area contributed by atoms with Crippen molar-refractivity contribution >= 4 is 34.5 Å². The predicted molar refractivity (Wildman–Crippen MR) is 126 cm³/mol. The summed E-state index contributed by atoms with van der Waals surface area (Å²) in [5.41, 5.74) is 2.74. The molecular formula is C24H30ClN3O3. The van der Waals surface area contributed by atoms with Crippen LogP contribution in [-0.4, -0.2) is 66.3 Å². The highest BCUT2D eigenvalue weighted by Crippen LogP contribution is 2.36. The number of aliphatic hydroxyl groups excluding tert-OH is 1. The van der Waals surface area contributed by atoms with Crippen molar-refractivity contribution < 1.29 is 14.7 Å². The lowest BCUT2D eigenvalue weighted by molar-refractivity contribution is 0.0980. The van der Waals surface area contributed by atoms with Crippen molar-refractivity contribution in [3.05, 3.63) is 58.7 Å². The Labute approximate surface area is 188 Å². The molecule has 0 bridgehead atoms. The van der Waals surface area contributed by atoms with Gasteiger partial charge < -0.3 is 20.6 Å². The summed E-state index contributed by atoms with van der Waals surface area (Å²) < 4.78 is 0. The van der Waals surface area contributed by atoms with Gasteiger partial charge in [-0.3, -0.25) is 9.59 Å². The topological polar surface area (TPSA) is 81.7 Å². The number of alkyl halides is 1. The molecule has 1 atom stereocenters. The zero-order valence-corrected chi connectivity index (χ0v) is 18.8. The van der Waals surface area contributed by atoms with Crippen LogP contribution in [0.4, 0.5) is 11.4 Å². The summed E-state index contributed by atoms with van der Waals surface area (Å²) in [7, 11) is 0. The van der Waals surface area contributed by atoms with Crippen LogP contribution >= 0.6 is 11.6 Å². The number of halogens is 1. The van der Waals surface area contributed by atoms with Crippen LogP contribution in [0.15, 0.2) is 36.4 Å². The number of nitrogens with zero attached hydrogens (tertiary/aromatic N) is 1. The number of rotatable bonds is 11. The molecule has 1 aliphatic carbocycles. The summed E-state index contributed by atoms with van der Waals surface area (Å²) >= 11 is 5.78. The van der Waals surface area contributed by atoms with E-state index in [2.05, 4.69) is 29.4 Å². The van der Waals surface area contributed by atoms with Gasteiger partial charge in [-0.1, -0.05) is 38.1 Å². The van der Waals surface area contributed by atoms with Gasteiger partial charge >= 0.3 is 0 Å². The van der Waals surface area contributed by atoms with E-state index in [1.54, 1.807) is 30.3 Å². The predicted octanol–water partition coefficient (Wildman–Crippen LogP) is 3.62. The van der Waals surface area contributed by atoms with E-state index in [4.69, 9.17) is 11.6 Å². The molecule has 31 heavy (non-hydrogen) atoms. The van der Waals surface area contributed by atoms with Gasteiger partial charge in [0, 0.05) is 48.0 Å². The third-order valence-electron chi connectivity index (χ3n) is 5.59. The van der Waals surface area contributed by atoms with Gasteiger partial charge in [0.15, 0.2) is 11.6 Å². The maximum Gasteiger partial charge on any atom is 0.196 e. The molecule has 0 radical (unpaired) electrons. The fraction of sp³-hybridized carbons (Fsp3) is 0.417. The first-order chi connectivity index (χ1) is 15.0. The summed E-state index contributed by atoms with van der Waals surface area (Å²) in [5.74, 6) is 0.146. The quantitative estimate of drug-likeness (QED) is 0.310. The Morgan fingerprint density at radius 3 is 2.00 bits per heavy atom. The number of likely N-dealkylation sites (N-methyl/N-ethyl adjacent to an activating group) is 1. The van der Waals surface area contributed by atoms with Crippen LogP contribution in [0.5, 0.6) is 0 Å². The number of hydrogen-bond donors (Lipinski definition) is 3. The minimum atomic E-state index is -0.598. The zero-order chi connectivity index (χ0) is 22.4. The van der Waals surface area contributed by atoms with Crippen LogP contribution in [0.25, 0.3) is 0 Å². The Bertz CT molecular complexity index is 944. The van der Waals surface area contributed by atoms with Crippen LogP contribution in [0, 0.1) is 0 Å². The van der Waals surface area contributed by atoms with Crippen LogP contribution in [0.1, 0.15) is 52.1 Å². The second-order valence-electron chi connectivity index (χ2n) is 7.60. The van der Waals surface area contributed by atoms with Crippen LogP contribution in [-0.2, 0) is 0 Å². The van der Waals surface area contributed by atoms with Crippen molar-refractivity contribution in [3.63, 3.8) is 0 Å². The smallest absolute Gasteiger partial charge is 0.196 e. The van der Waals surface area contributed by atoms with Crippen molar-refractivity contribution in [3.8, 4) is 0 Å². The summed E-state index contributed by atoms with van der Waals surface area (Å²) in [6.45, 7) is 7.25. The molecule has 2 aromatic rings. The molecular weight excluding hydrogens is 414 g/mol. The minimum absolute atomic E-state index is 0.175. The lowest BCUT2D eigenvalue weighted by atomic mass is 9.82. The normalized spacial score (nSPS) is 13.7. The molecule has 0 aliphatic heterocycles. The van der Waals surface area contributed by atoms with Crippen LogP contribution in [0.3, 0.4) is 0 Å². The zero-order valence-electron chi connectivity index (χ0n) is 18.1. The summed E-state index contributed by atoms with van der Waals surface area (Å²) in [6, 6.07) is 10.5. The summed E-state index contributed by atoms with van der Waals surface area (Å²) in [6.07, 6.45) is 0.144. The average molecular weight is 444 g/mol. The lowest BCUT2D eigenvalue weighted by Gasteiger charge is -2.25. The van der Waals surface area contributed by atoms with Crippen molar-refractivity contribution in [2.45, 2.75) is 26.4 Å². The van der Waals surface area contributed by atoms with Crippen LogP contribution in [0.2, 0.25) is 0 Å². The second kappa shape index (κ2) is 10.8. The summed E-state index contributed by atoms with van der Waals surface area (Å²) in [4.78, 5) is 28.8. The number of ketones is 2. The highest BCUT2D eigenvalue weighted by molar-refractivity contribution is 6.31. The monoisotopic (exact) mass is 443 g/mol. The molecule has 0 aromatic heterocycles. The molecule has 0 amide bonds. The second-order valence-corrected chi connectivity index (χ2v) is 7.98. The largest absolute Gasteiger partial charge is 0.390 e. The molecule has 3 N–H and O–H groups in total. The summed E-state index contributed by atoms with van der Waals surface area (Å²) in [5, 5.41) is 16.9. The first-order valence-corrected chi connectivity index (χ1v) is 11.3. The van der Waals surface area contributed by atoms with Crippen molar-refractivity contribution in [1.29, 1.82) is 0 Å². The number of benzene rings is 2. The SMILES string of the molecule is CCN(CC)CC(O)CNc1ccc(NCCCCl)c2c1C(=O)c1ccccc1C2=O. The third-order valence-corrected chi connectivity index (χ3v) is 5.86. The third kappa shape index (κ3) is 5.09. The Balaban J connectivity index is 1.93. The van der Waals surface area contributed by atoms with E-state index >= 15 is 0 Å². The van der Waals surface area contributed by atoms with E-state index in [9.17, 15) is 14.7 Å². The molecule has 166 valence electrons. The van der Waals surface area contributed by atoms with Gasteiger partial charge in [-0.25, -0.2) is 0 Å². The van der Waals surface area contributed by atoms with E-state index in [1.807, 2.05) is 6.07 Å². The van der Waals surface area contributed by atoms with Gasteiger partial charge in [0.05, 0.1) is 17.2 Å². The number of carbonyl (C=O) groups is 2. The number of aliphatic hydroxyl groups is 1. The first kappa shape index (κ1) is 23.3. The minimum Gasteiger partial charge on any atom is -0.390 e. The van der Waals surface area contributed by atoms with Gasteiger partial charge in [-0.05, 0) is 31.6 Å². The highest BCUT2D eigenvalue weighted by Gasteiger charge is 2.33. The molecule has 7 heteroatoms. The molecule has 1 unspecified atom stereocenters. The number of anilines is 2. The van der Waals surface area contributed by atoms with Gasteiger partial charge in [-0.15, -0.1) is 11.6 Å². The van der Waals surface area contributed by atoms with Crippen molar-refractivity contribution in [1.82, 2.24) is 4.90 Å².